The van der Waals surface area contributed by atoms with E-state index in [1.54, 1.807) is 0 Å². The highest BCUT2D eigenvalue weighted by Crippen LogP contribution is 2.26. The Morgan fingerprint density at radius 2 is 2.00 bits per heavy atom. The molecule has 0 fully saturated rings. The number of benzene rings is 1. The number of hydrogen-bond acceptors (Lipinski definition) is 4. The van der Waals surface area contributed by atoms with Crippen molar-refractivity contribution in [2.24, 2.45) is 7.05 Å². The second-order valence-electron chi connectivity index (χ2n) is 6.73. The van der Waals surface area contributed by atoms with E-state index in [1.807, 2.05) is 51.4 Å². The first-order chi connectivity index (χ1) is 10.7. The Morgan fingerprint density at radius 3 is 2.61 bits per heavy atom. The summed E-state index contributed by atoms with van der Waals surface area (Å²) < 4.78 is 1.93. The SMILES string of the molecule is Cc1cccc(-c2nnc(SC(C)C(=O)NC(C)(C)C)n2C)c1. The molecule has 0 aliphatic carbocycles. The number of aromatic nitrogens is 3. The van der Waals surface area contributed by atoms with Crippen LogP contribution in [0.3, 0.4) is 0 Å². The minimum atomic E-state index is -0.238. The van der Waals surface area contributed by atoms with E-state index in [2.05, 4.69) is 34.6 Å². The Hall–Kier alpha value is -1.82. The number of amides is 1. The van der Waals surface area contributed by atoms with Crippen LogP contribution in [0.15, 0.2) is 29.4 Å². The molecule has 1 N–H and O–H groups in total. The first-order valence-electron chi connectivity index (χ1n) is 7.62. The lowest BCUT2D eigenvalue weighted by molar-refractivity contribution is -0.121. The third-order valence-electron chi connectivity index (χ3n) is 3.26. The van der Waals surface area contributed by atoms with Crippen molar-refractivity contribution in [2.75, 3.05) is 0 Å². The largest absolute Gasteiger partial charge is 0.351 e. The Balaban J connectivity index is 2.15. The van der Waals surface area contributed by atoms with Crippen LogP contribution in [0, 0.1) is 6.92 Å². The van der Waals surface area contributed by atoms with Gasteiger partial charge in [0, 0.05) is 18.2 Å². The molecule has 1 aromatic carbocycles. The number of thioether (sulfide) groups is 1. The van der Waals surface area contributed by atoms with Gasteiger partial charge in [0.15, 0.2) is 11.0 Å². The van der Waals surface area contributed by atoms with Crippen LogP contribution in [0.1, 0.15) is 33.3 Å². The van der Waals surface area contributed by atoms with E-state index in [9.17, 15) is 4.79 Å². The van der Waals surface area contributed by atoms with Crippen molar-refractivity contribution in [3.05, 3.63) is 29.8 Å². The molecule has 1 aromatic heterocycles. The Morgan fingerprint density at radius 1 is 1.30 bits per heavy atom. The lowest BCUT2D eigenvalue weighted by Crippen LogP contribution is -2.44. The zero-order valence-corrected chi connectivity index (χ0v) is 15.4. The molecule has 0 aliphatic rings. The van der Waals surface area contributed by atoms with Gasteiger partial charge in [0.05, 0.1) is 5.25 Å². The molecule has 0 spiro atoms. The van der Waals surface area contributed by atoms with Crippen molar-refractivity contribution in [1.29, 1.82) is 0 Å². The van der Waals surface area contributed by atoms with Crippen molar-refractivity contribution in [2.45, 2.75) is 50.6 Å². The van der Waals surface area contributed by atoms with Crippen LogP contribution >= 0.6 is 11.8 Å². The fourth-order valence-electron chi connectivity index (χ4n) is 2.14. The van der Waals surface area contributed by atoms with Crippen LogP contribution in [-0.4, -0.2) is 31.5 Å². The van der Waals surface area contributed by atoms with E-state index in [0.29, 0.717) is 0 Å². The van der Waals surface area contributed by atoms with Crippen LogP contribution < -0.4 is 5.32 Å². The summed E-state index contributed by atoms with van der Waals surface area (Å²) in [6.45, 7) is 9.85. The second-order valence-corrected chi connectivity index (χ2v) is 8.04. The quantitative estimate of drug-likeness (QED) is 0.874. The number of aryl methyl sites for hydroxylation is 1. The minimum absolute atomic E-state index is 0.00241. The Labute approximate surface area is 141 Å². The summed E-state index contributed by atoms with van der Waals surface area (Å²) in [6, 6.07) is 8.15. The van der Waals surface area contributed by atoms with Gasteiger partial charge < -0.3 is 9.88 Å². The van der Waals surface area contributed by atoms with Gasteiger partial charge in [-0.05, 0) is 40.7 Å². The maximum atomic E-state index is 12.2. The zero-order chi connectivity index (χ0) is 17.2. The molecule has 6 heteroatoms. The van der Waals surface area contributed by atoms with Gasteiger partial charge in [-0.15, -0.1) is 10.2 Å². The molecule has 124 valence electrons. The van der Waals surface area contributed by atoms with Crippen molar-refractivity contribution in [1.82, 2.24) is 20.1 Å². The monoisotopic (exact) mass is 332 g/mol. The highest BCUT2D eigenvalue weighted by molar-refractivity contribution is 8.00. The zero-order valence-electron chi connectivity index (χ0n) is 14.5. The Kier molecular flexibility index (Phi) is 5.14. The first-order valence-corrected chi connectivity index (χ1v) is 8.50. The average Bonchev–Trinajstić information content (AvgIpc) is 2.78. The lowest BCUT2D eigenvalue weighted by Gasteiger charge is -2.22. The summed E-state index contributed by atoms with van der Waals surface area (Å²) in [7, 11) is 1.92. The molecule has 0 saturated carbocycles. The lowest BCUT2D eigenvalue weighted by atomic mass is 10.1. The molecule has 1 amide bonds. The van der Waals surface area contributed by atoms with Gasteiger partial charge in [-0.25, -0.2) is 0 Å². The standard InChI is InChI=1S/C17H24N4OS/c1-11-8-7-9-13(10-11)14-19-20-16(21(14)6)23-12(2)15(22)18-17(3,4)5/h7-10,12H,1-6H3,(H,18,22). The van der Waals surface area contributed by atoms with Crippen LogP contribution in [0.5, 0.6) is 0 Å². The van der Waals surface area contributed by atoms with Gasteiger partial charge in [-0.3, -0.25) is 4.79 Å². The number of nitrogens with one attached hydrogen (secondary N) is 1. The topological polar surface area (TPSA) is 59.8 Å². The summed E-state index contributed by atoms with van der Waals surface area (Å²) in [5, 5.41) is 12.0. The summed E-state index contributed by atoms with van der Waals surface area (Å²) in [6.07, 6.45) is 0. The van der Waals surface area contributed by atoms with Crippen LogP contribution in [0.2, 0.25) is 0 Å². The molecular formula is C17H24N4OS. The van der Waals surface area contributed by atoms with Gasteiger partial charge in [0.1, 0.15) is 0 Å². The molecule has 1 atom stereocenters. The Bertz CT molecular complexity index is 703. The van der Waals surface area contributed by atoms with E-state index < -0.39 is 0 Å². The average molecular weight is 332 g/mol. The number of carbonyl (C=O) groups excluding carboxylic acids is 1. The van der Waals surface area contributed by atoms with Crippen molar-refractivity contribution in [3.63, 3.8) is 0 Å². The molecule has 2 rings (SSSR count). The molecule has 1 heterocycles. The minimum Gasteiger partial charge on any atom is -0.351 e. The third-order valence-corrected chi connectivity index (χ3v) is 4.39. The van der Waals surface area contributed by atoms with E-state index in [1.165, 1.54) is 17.3 Å². The summed E-state index contributed by atoms with van der Waals surface area (Å²) in [5.41, 5.74) is 1.97. The van der Waals surface area contributed by atoms with Gasteiger partial charge >= 0.3 is 0 Å². The van der Waals surface area contributed by atoms with Crippen LogP contribution in [0.25, 0.3) is 11.4 Å². The number of hydrogen-bond donors (Lipinski definition) is 1. The van der Waals surface area contributed by atoms with E-state index in [4.69, 9.17) is 0 Å². The molecule has 23 heavy (non-hydrogen) atoms. The number of rotatable bonds is 4. The van der Waals surface area contributed by atoms with Gasteiger partial charge in [0.2, 0.25) is 5.91 Å². The smallest absolute Gasteiger partial charge is 0.233 e. The van der Waals surface area contributed by atoms with Gasteiger partial charge in [0.25, 0.3) is 0 Å². The molecule has 0 saturated heterocycles. The summed E-state index contributed by atoms with van der Waals surface area (Å²) >= 11 is 1.42. The predicted octanol–water partition coefficient (Wildman–Crippen LogP) is 3.19. The molecule has 2 aromatic rings. The molecule has 0 aliphatic heterocycles. The summed E-state index contributed by atoms with van der Waals surface area (Å²) in [4.78, 5) is 12.2. The molecule has 0 bridgehead atoms. The van der Waals surface area contributed by atoms with Gasteiger partial charge in [-0.2, -0.15) is 0 Å². The number of carbonyl (C=O) groups is 1. The first kappa shape index (κ1) is 17.5. The third kappa shape index (κ3) is 4.58. The van der Waals surface area contributed by atoms with E-state index in [-0.39, 0.29) is 16.7 Å². The van der Waals surface area contributed by atoms with Crippen molar-refractivity contribution < 1.29 is 4.79 Å². The molecule has 5 nitrogen and oxygen atoms in total. The van der Waals surface area contributed by atoms with Crippen molar-refractivity contribution >= 4 is 17.7 Å². The normalized spacial score (nSPS) is 13.0. The summed E-state index contributed by atoms with van der Waals surface area (Å²) in [5.74, 6) is 0.808. The van der Waals surface area contributed by atoms with Gasteiger partial charge in [-0.1, -0.05) is 35.5 Å². The number of nitrogens with zero attached hydrogens (tertiary/aromatic N) is 3. The molecule has 1 unspecified atom stereocenters. The molecule has 0 radical (unpaired) electrons. The molecular weight excluding hydrogens is 308 g/mol. The highest BCUT2D eigenvalue weighted by atomic mass is 32.2. The van der Waals surface area contributed by atoms with Crippen LogP contribution in [-0.2, 0) is 11.8 Å². The fraction of sp³-hybridized carbons (Fsp3) is 0.471. The second kappa shape index (κ2) is 6.74. The maximum Gasteiger partial charge on any atom is 0.233 e. The highest BCUT2D eigenvalue weighted by Gasteiger charge is 2.22. The predicted molar refractivity (Wildman–Crippen MR) is 94.4 cm³/mol. The van der Waals surface area contributed by atoms with Crippen LogP contribution in [0.4, 0.5) is 0 Å². The van der Waals surface area contributed by atoms with E-state index in [0.717, 1.165) is 16.5 Å². The van der Waals surface area contributed by atoms with E-state index >= 15 is 0 Å². The maximum absolute atomic E-state index is 12.2. The van der Waals surface area contributed by atoms with Crippen molar-refractivity contribution in [3.8, 4) is 11.4 Å². The fourth-order valence-corrected chi connectivity index (χ4v) is 2.95.